The van der Waals surface area contributed by atoms with Crippen molar-refractivity contribution in [2.24, 2.45) is 0 Å². The van der Waals surface area contributed by atoms with E-state index in [9.17, 15) is 5.11 Å². The van der Waals surface area contributed by atoms with Crippen LogP contribution in [0.2, 0.25) is 0 Å². The lowest BCUT2D eigenvalue weighted by atomic mass is 10.1. The second kappa shape index (κ2) is 7.31. The first kappa shape index (κ1) is 18.5. The van der Waals surface area contributed by atoms with E-state index in [2.05, 4.69) is 9.97 Å². The lowest BCUT2D eigenvalue weighted by molar-refractivity contribution is 0.343. The molecule has 0 amide bonds. The zero-order valence-electron chi connectivity index (χ0n) is 16.5. The van der Waals surface area contributed by atoms with E-state index >= 15 is 0 Å². The van der Waals surface area contributed by atoms with Gasteiger partial charge in [0, 0.05) is 30.2 Å². The minimum absolute atomic E-state index is 0.107. The van der Waals surface area contributed by atoms with Gasteiger partial charge in [-0.2, -0.15) is 0 Å². The third-order valence-corrected chi connectivity index (χ3v) is 4.68. The Hall–Kier alpha value is -3.81. The van der Waals surface area contributed by atoms with Gasteiger partial charge in [0.15, 0.2) is 5.75 Å². The molecule has 0 spiro atoms. The van der Waals surface area contributed by atoms with Crippen molar-refractivity contribution in [3.63, 3.8) is 0 Å². The molecular formula is C21H20N4O4. The maximum Gasteiger partial charge on any atom is 0.256 e. The number of methoxy groups -OCH3 is 3. The van der Waals surface area contributed by atoms with Crippen LogP contribution in [0.3, 0.4) is 0 Å². The highest BCUT2D eigenvalue weighted by atomic mass is 16.5. The van der Waals surface area contributed by atoms with E-state index in [1.165, 1.54) is 0 Å². The first-order valence-corrected chi connectivity index (χ1v) is 8.86. The molecule has 0 fully saturated rings. The van der Waals surface area contributed by atoms with E-state index in [-0.39, 0.29) is 5.88 Å². The number of fused-ring (bicyclic) bond motifs is 1. The molecule has 4 heterocycles. The van der Waals surface area contributed by atoms with Crippen molar-refractivity contribution in [2.75, 3.05) is 21.3 Å². The van der Waals surface area contributed by atoms with Crippen LogP contribution >= 0.6 is 0 Å². The summed E-state index contributed by atoms with van der Waals surface area (Å²) in [6.45, 7) is 1.93. The van der Waals surface area contributed by atoms with Gasteiger partial charge in [-0.25, -0.2) is 15.0 Å². The van der Waals surface area contributed by atoms with Crippen LogP contribution in [0.1, 0.15) is 5.56 Å². The van der Waals surface area contributed by atoms with Gasteiger partial charge < -0.3 is 19.3 Å². The van der Waals surface area contributed by atoms with Gasteiger partial charge >= 0.3 is 0 Å². The molecule has 4 aromatic heterocycles. The molecule has 0 unspecified atom stereocenters. The summed E-state index contributed by atoms with van der Waals surface area (Å²) in [5.41, 5.74) is 3.76. The summed E-state index contributed by atoms with van der Waals surface area (Å²) in [6, 6.07) is 7.26. The molecule has 0 aliphatic carbocycles. The number of pyridine rings is 3. The largest absolute Gasteiger partial charge is 0.494 e. The topological polar surface area (TPSA) is 91.5 Å². The Kier molecular flexibility index (Phi) is 4.67. The SMILES string of the molecule is COc1cc(-n2cc3nc(-c4cnc(OC)c(OC)c4)cc(C)c3c2O)ccn1. The third kappa shape index (κ3) is 3.18. The van der Waals surface area contributed by atoms with E-state index in [1.54, 1.807) is 56.6 Å². The molecule has 0 bridgehead atoms. The van der Waals surface area contributed by atoms with Crippen LogP contribution in [0, 0.1) is 6.92 Å². The average molecular weight is 392 g/mol. The lowest BCUT2D eigenvalue weighted by Gasteiger charge is -2.09. The minimum Gasteiger partial charge on any atom is -0.494 e. The number of ether oxygens (including phenoxy) is 3. The molecule has 0 radical (unpaired) electrons. The highest BCUT2D eigenvalue weighted by Crippen LogP contribution is 2.35. The van der Waals surface area contributed by atoms with E-state index in [4.69, 9.17) is 19.2 Å². The fourth-order valence-corrected chi connectivity index (χ4v) is 3.26. The Balaban J connectivity index is 1.86. The maximum atomic E-state index is 10.8. The van der Waals surface area contributed by atoms with Crippen LogP contribution in [0.5, 0.6) is 23.4 Å². The van der Waals surface area contributed by atoms with Gasteiger partial charge in [-0.05, 0) is 30.7 Å². The summed E-state index contributed by atoms with van der Waals surface area (Å²) in [5, 5.41) is 11.5. The number of rotatable bonds is 5. The minimum atomic E-state index is 0.107. The Labute approximate surface area is 167 Å². The van der Waals surface area contributed by atoms with Gasteiger partial charge in [-0.15, -0.1) is 0 Å². The second-order valence-corrected chi connectivity index (χ2v) is 6.40. The number of aryl methyl sites for hydroxylation is 1. The molecule has 8 nitrogen and oxygen atoms in total. The lowest BCUT2D eigenvalue weighted by Crippen LogP contribution is -1.95. The molecule has 0 saturated heterocycles. The fourth-order valence-electron chi connectivity index (χ4n) is 3.26. The fraction of sp³-hybridized carbons (Fsp3) is 0.190. The van der Waals surface area contributed by atoms with Crippen LogP contribution in [0.4, 0.5) is 0 Å². The molecule has 0 aliphatic rings. The van der Waals surface area contributed by atoms with Crippen LogP contribution in [-0.4, -0.2) is 46.0 Å². The molecule has 29 heavy (non-hydrogen) atoms. The smallest absolute Gasteiger partial charge is 0.256 e. The number of nitrogens with zero attached hydrogens (tertiary/aromatic N) is 4. The highest BCUT2D eigenvalue weighted by Gasteiger charge is 2.17. The normalized spacial score (nSPS) is 10.9. The predicted octanol–water partition coefficient (Wildman–Crippen LogP) is 3.52. The summed E-state index contributed by atoms with van der Waals surface area (Å²) in [7, 11) is 4.65. The van der Waals surface area contributed by atoms with Crippen molar-refractivity contribution in [1.29, 1.82) is 0 Å². The Morgan fingerprint density at radius 1 is 1.00 bits per heavy atom. The number of aromatic hydroxyl groups is 1. The molecule has 0 atom stereocenters. The van der Waals surface area contributed by atoms with Gasteiger partial charge in [0.2, 0.25) is 11.8 Å². The van der Waals surface area contributed by atoms with Crippen molar-refractivity contribution in [3.05, 3.63) is 48.4 Å². The third-order valence-electron chi connectivity index (χ3n) is 4.68. The van der Waals surface area contributed by atoms with Crippen LogP contribution in [0.15, 0.2) is 42.9 Å². The predicted molar refractivity (Wildman–Crippen MR) is 108 cm³/mol. The van der Waals surface area contributed by atoms with Crippen molar-refractivity contribution in [1.82, 2.24) is 19.5 Å². The molecule has 0 aromatic carbocycles. The summed E-state index contributed by atoms with van der Waals surface area (Å²) in [4.78, 5) is 13.1. The quantitative estimate of drug-likeness (QED) is 0.555. The van der Waals surface area contributed by atoms with Crippen molar-refractivity contribution in [2.45, 2.75) is 6.92 Å². The van der Waals surface area contributed by atoms with Crippen molar-refractivity contribution in [3.8, 4) is 40.3 Å². The molecule has 8 heteroatoms. The zero-order valence-corrected chi connectivity index (χ0v) is 16.5. The van der Waals surface area contributed by atoms with Crippen molar-refractivity contribution < 1.29 is 19.3 Å². The standard InChI is InChI=1S/C21H20N4O4/c1-12-7-15(13-8-17(27-2)20(29-4)23-10-13)24-16-11-25(21(26)19(12)16)14-5-6-22-18(9-14)28-3/h5-11,26H,1-4H3. The number of hydrogen-bond acceptors (Lipinski definition) is 7. The van der Waals surface area contributed by atoms with Crippen LogP contribution < -0.4 is 14.2 Å². The van der Waals surface area contributed by atoms with E-state index in [0.29, 0.717) is 34.1 Å². The van der Waals surface area contributed by atoms with Gasteiger partial charge in [0.1, 0.15) is 0 Å². The van der Waals surface area contributed by atoms with Gasteiger partial charge in [0.05, 0.1) is 43.6 Å². The zero-order chi connectivity index (χ0) is 20.5. The van der Waals surface area contributed by atoms with E-state index in [1.807, 2.05) is 19.1 Å². The van der Waals surface area contributed by atoms with Gasteiger partial charge in [0.25, 0.3) is 5.88 Å². The maximum absolute atomic E-state index is 10.8. The van der Waals surface area contributed by atoms with E-state index in [0.717, 1.165) is 16.8 Å². The van der Waals surface area contributed by atoms with Gasteiger partial charge in [-0.3, -0.25) is 4.57 Å². The molecule has 0 aliphatic heterocycles. The first-order chi connectivity index (χ1) is 14.0. The van der Waals surface area contributed by atoms with Gasteiger partial charge in [-0.1, -0.05) is 0 Å². The monoisotopic (exact) mass is 392 g/mol. The van der Waals surface area contributed by atoms with E-state index < -0.39 is 0 Å². The Bertz CT molecular complexity index is 1200. The summed E-state index contributed by atoms with van der Waals surface area (Å²) >= 11 is 0. The van der Waals surface area contributed by atoms with Crippen LogP contribution in [0.25, 0.3) is 27.8 Å². The number of aromatic nitrogens is 4. The molecule has 1 N–H and O–H groups in total. The molecule has 0 saturated carbocycles. The molecular weight excluding hydrogens is 372 g/mol. The molecule has 148 valence electrons. The number of hydrogen-bond donors (Lipinski definition) is 1. The summed E-state index contributed by atoms with van der Waals surface area (Å²) in [6.07, 6.45) is 5.09. The highest BCUT2D eigenvalue weighted by molar-refractivity contribution is 5.90. The molecule has 4 rings (SSSR count). The molecule has 4 aromatic rings. The summed E-state index contributed by atoms with van der Waals surface area (Å²) in [5.74, 6) is 1.50. The van der Waals surface area contributed by atoms with Crippen LogP contribution in [-0.2, 0) is 0 Å². The van der Waals surface area contributed by atoms with Crippen molar-refractivity contribution >= 4 is 10.9 Å². The second-order valence-electron chi connectivity index (χ2n) is 6.40. The summed E-state index contributed by atoms with van der Waals surface area (Å²) < 4.78 is 17.4. The Morgan fingerprint density at radius 3 is 2.55 bits per heavy atom. The average Bonchev–Trinajstić information content (AvgIpc) is 3.10. The Morgan fingerprint density at radius 2 is 1.83 bits per heavy atom. The first-order valence-electron chi connectivity index (χ1n) is 8.86.